The number of pyridine rings is 1. The Labute approximate surface area is 120 Å². The summed E-state index contributed by atoms with van der Waals surface area (Å²) in [6, 6.07) is 11.1. The quantitative estimate of drug-likeness (QED) is 0.624. The van der Waals surface area contributed by atoms with Gasteiger partial charge in [0.2, 0.25) is 0 Å². The molecule has 0 saturated heterocycles. The lowest BCUT2D eigenvalue weighted by Crippen LogP contribution is -2.07. The number of hydrogen-bond acceptors (Lipinski definition) is 3. The Morgan fingerprint density at radius 2 is 2.00 bits per heavy atom. The van der Waals surface area contributed by atoms with Crippen LogP contribution >= 0.6 is 15.9 Å². The molecule has 19 heavy (non-hydrogen) atoms. The predicted octanol–water partition coefficient (Wildman–Crippen LogP) is 3.63. The summed E-state index contributed by atoms with van der Waals surface area (Å²) in [6.07, 6.45) is 5.24. The van der Waals surface area contributed by atoms with Crippen LogP contribution in [0.4, 0.5) is 0 Å². The van der Waals surface area contributed by atoms with Gasteiger partial charge in [-0.3, -0.25) is 4.98 Å². The van der Waals surface area contributed by atoms with E-state index in [9.17, 15) is 4.79 Å². The van der Waals surface area contributed by atoms with Crippen LogP contribution in [0.3, 0.4) is 0 Å². The summed E-state index contributed by atoms with van der Waals surface area (Å²) in [4.78, 5) is 15.8. The lowest BCUT2D eigenvalue weighted by Gasteiger charge is -2.05. The van der Waals surface area contributed by atoms with Crippen molar-refractivity contribution in [1.82, 2.24) is 4.98 Å². The van der Waals surface area contributed by atoms with E-state index >= 15 is 0 Å². The topological polar surface area (TPSA) is 39.2 Å². The number of esters is 1. The maximum atomic E-state index is 11.7. The van der Waals surface area contributed by atoms with Crippen molar-refractivity contribution in [3.05, 3.63) is 64.4 Å². The molecule has 3 nitrogen and oxygen atoms in total. The van der Waals surface area contributed by atoms with Crippen LogP contribution in [0.2, 0.25) is 0 Å². The highest BCUT2D eigenvalue weighted by atomic mass is 79.9. The zero-order valence-corrected chi connectivity index (χ0v) is 12.0. The van der Waals surface area contributed by atoms with Gasteiger partial charge in [0.1, 0.15) is 0 Å². The fourth-order valence-electron chi connectivity index (χ4n) is 1.66. The number of carbonyl (C=O) groups excluding carboxylic acids is 1. The molecule has 1 heterocycles. The van der Waals surface area contributed by atoms with E-state index < -0.39 is 0 Å². The van der Waals surface area contributed by atoms with Gasteiger partial charge < -0.3 is 4.74 Å². The molecule has 1 aromatic heterocycles. The molecule has 0 atom stereocenters. The normalized spacial score (nSPS) is 10.2. The second-order valence-corrected chi connectivity index (χ2v) is 5.02. The average Bonchev–Trinajstić information content (AvgIpc) is 2.45. The van der Waals surface area contributed by atoms with Crippen molar-refractivity contribution in [3.8, 4) is 0 Å². The Morgan fingerprint density at radius 3 is 2.68 bits per heavy atom. The molecule has 0 aliphatic carbocycles. The Bertz CT molecular complexity index is 526. The summed E-state index contributed by atoms with van der Waals surface area (Å²) in [6.45, 7) is 0.420. The average molecular weight is 320 g/mol. The number of hydrogen-bond donors (Lipinski definition) is 0. The SMILES string of the molecule is O=C(OCCCc1cccnc1)c1ccc(Br)cc1. The van der Waals surface area contributed by atoms with E-state index in [-0.39, 0.29) is 5.97 Å². The van der Waals surface area contributed by atoms with Gasteiger partial charge in [0.25, 0.3) is 0 Å². The first-order valence-electron chi connectivity index (χ1n) is 6.07. The molecule has 0 saturated carbocycles. The van der Waals surface area contributed by atoms with Crippen LogP contribution < -0.4 is 0 Å². The summed E-state index contributed by atoms with van der Waals surface area (Å²) in [7, 11) is 0. The summed E-state index contributed by atoms with van der Waals surface area (Å²) in [5, 5.41) is 0. The molecule has 0 aliphatic rings. The number of ether oxygens (including phenoxy) is 1. The van der Waals surface area contributed by atoms with Crippen LogP contribution in [0, 0.1) is 0 Å². The number of aryl methyl sites for hydroxylation is 1. The van der Waals surface area contributed by atoms with Crippen molar-refractivity contribution in [2.75, 3.05) is 6.61 Å². The molecular weight excluding hydrogens is 306 g/mol. The molecule has 4 heteroatoms. The van der Waals surface area contributed by atoms with E-state index in [1.165, 1.54) is 0 Å². The van der Waals surface area contributed by atoms with E-state index in [1.54, 1.807) is 18.3 Å². The molecular formula is C15H14BrNO2. The molecule has 0 unspecified atom stereocenters. The third-order valence-corrected chi connectivity index (χ3v) is 3.17. The maximum Gasteiger partial charge on any atom is 0.338 e. The summed E-state index contributed by atoms with van der Waals surface area (Å²) < 4.78 is 6.16. The fraction of sp³-hybridized carbons (Fsp3) is 0.200. The maximum absolute atomic E-state index is 11.7. The van der Waals surface area contributed by atoms with Crippen LogP contribution in [-0.4, -0.2) is 17.6 Å². The van der Waals surface area contributed by atoms with Gasteiger partial charge in [0.15, 0.2) is 0 Å². The first-order valence-corrected chi connectivity index (χ1v) is 6.86. The minimum atomic E-state index is -0.279. The van der Waals surface area contributed by atoms with Gasteiger partial charge in [0, 0.05) is 16.9 Å². The van der Waals surface area contributed by atoms with Gasteiger partial charge in [-0.25, -0.2) is 4.79 Å². The predicted molar refractivity (Wildman–Crippen MR) is 77.0 cm³/mol. The van der Waals surface area contributed by atoms with Crippen molar-refractivity contribution < 1.29 is 9.53 Å². The zero-order valence-electron chi connectivity index (χ0n) is 10.4. The number of halogens is 1. The van der Waals surface area contributed by atoms with Gasteiger partial charge in [-0.15, -0.1) is 0 Å². The third-order valence-electron chi connectivity index (χ3n) is 2.65. The molecule has 2 aromatic rings. The minimum Gasteiger partial charge on any atom is -0.462 e. The van der Waals surface area contributed by atoms with Crippen molar-refractivity contribution in [2.24, 2.45) is 0 Å². The molecule has 0 amide bonds. The van der Waals surface area contributed by atoms with E-state index in [0.717, 1.165) is 22.9 Å². The molecule has 0 N–H and O–H groups in total. The Morgan fingerprint density at radius 1 is 1.21 bits per heavy atom. The smallest absolute Gasteiger partial charge is 0.338 e. The molecule has 0 aliphatic heterocycles. The zero-order chi connectivity index (χ0) is 13.5. The van der Waals surface area contributed by atoms with Crippen molar-refractivity contribution in [1.29, 1.82) is 0 Å². The van der Waals surface area contributed by atoms with Crippen LogP contribution in [0.25, 0.3) is 0 Å². The lowest BCUT2D eigenvalue weighted by atomic mass is 10.2. The first kappa shape index (κ1) is 13.7. The van der Waals surface area contributed by atoms with Crippen molar-refractivity contribution in [2.45, 2.75) is 12.8 Å². The van der Waals surface area contributed by atoms with E-state index in [2.05, 4.69) is 20.9 Å². The fourth-order valence-corrected chi connectivity index (χ4v) is 1.92. The third kappa shape index (κ3) is 4.48. The molecule has 2 rings (SSSR count). The molecule has 1 aromatic carbocycles. The summed E-state index contributed by atoms with van der Waals surface area (Å²) in [5.74, 6) is -0.279. The van der Waals surface area contributed by atoms with Gasteiger partial charge in [0.05, 0.1) is 12.2 Å². The van der Waals surface area contributed by atoms with Gasteiger partial charge in [-0.2, -0.15) is 0 Å². The second kappa shape index (κ2) is 7.04. The van der Waals surface area contributed by atoms with Crippen LogP contribution in [0.5, 0.6) is 0 Å². The van der Waals surface area contributed by atoms with Gasteiger partial charge in [-0.1, -0.05) is 22.0 Å². The van der Waals surface area contributed by atoms with Crippen molar-refractivity contribution >= 4 is 21.9 Å². The number of benzene rings is 1. The van der Waals surface area contributed by atoms with Crippen LogP contribution in [-0.2, 0) is 11.2 Å². The van der Waals surface area contributed by atoms with Gasteiger partial charge in [-0.05, 0) is 48.7 Å². The highest BCUT2D eigenvalue weighted by Gasteiger charge is 2.06. The molecule has 0 radical (unpaired) electrons. The highest BCUT2D eigenvalue weighted by molar-refractivity contribution is 9.10. The number of carbonyl (C=O) groups is 1. The monoisotopic (exact) mass is 319 g/mol. The number of rotatable bonds is 5. The Balaban J connectivity index is 1.74. The van der Waals surface area contributed by atoms with E-state index in [0.29, 0.717) is 12.2 Å². The molecule has 98 valence electrons. The first-order chi connectivity index (χ1) is 9.25. The minimum absolute atomic E-state index is 0.279. The highest BCUT2D eigenvalue weighted by Crippen LogP contribution is 2.11. The summed E-state index contributed by atoms with van der Waals surface area (Å²) in [5.41, 5.74) is 1.73. The van der Waals surface area contributed by atoms with Crippen LogP contribution in [0.1, 0.15) is 22.3 Å². The summed E-state index contributed by atoms with van der Waals surface area (Å²) >= 11 is 3.33. The van der Waals surface area contributed by atoms with Crippen LogP contribution in [0.15, 0.2) is 53.3 Å². The largest absolute Gasteiger partial charge is 0.462 e. The van der Waals surface area contributed by atoms with E-state index in [4.69, 9.17) is 4.74 Å². The number of aromatic nitrogens is 1. The Hall–Kier alpha value is -1.68. The molecule has 0 spiro atoms. The van der Waals surface area contributed by atoms with Gasteiger partial charge >= 0.3 is 5.97 Å². The standard InChI is InChI=1S/C15H14BrNO2/c16-14-7-5-13(6-8-14)15(18)19-10-2-4-12-3-1-9-17-11-12/h1,3,5-9,11H,2,4,10H2. The lowest BCUT2D eigenvalue weighted by molar-refractivity contribution is 0.0500. The van der Waals surface area contributed by atoms with E-state index in [1.807, 2.05) is 30.5 Å². The molecule has 0 fully saturated rings. The van der Waals surface area contributed by atoms with Crippen molar-refractivity contribution in [3.63, 3.8) is 0 Å². The number of nitrogens with zero attached hydrogens (tertiary/aromatic N) is 1. The second-order valence-electron chi connectivity index (χ2n) is 4.11. The molecule has 0 bridgehead atoms. The Kier molecular flexibility index (Phi) is 5.10.